The predicted molar refractivity (Wildman–Crippen MR) is 91.7 cm³/mol. The lowest BCUT2D eigenvalue weighted by Gasteiger charge is -2.28. The normalized spacial score (nSPS) is 13.1. The second-order valence-corrected chi connectivity index (χ2v) is 5.98. The summed E-state index contributed by atoms with van der Waals surface area (Å²) in [4.78, 5) is 25.5. The third-order valence-corrected chi connectivity index (χ3v) is 4.21. The smallest absolute Gasteiger partial charge is 0.409 e. The van der Waals surface area contributed by atoms with E-state index in [-0.39, 0.29) is 24.2 Å². The summed E-state index contributed by atoms with van der Waals surface area (Å²) < 4.78 is 17.7. The van der Waals surface area contributed by atoms with E-state index in [4.69, 9.17) is 4.74 Å². The van der Waals surface area contributed by atoms with Crippen LogP contribution in [0.25, 0.3) is 0 Å². The third kappa shape index (κ3) is 4.15. The Morgan fingerprint density at radius 3 is 2.64 bits per heavy atom. The predicted octanol–water partition coefficient (Wildman–Crippen LogP) is 3.13. The topological polar surface area (TPSA) is 58.6 Å². The van der Waals surface area contributed by atoms with Crippen LogP contribution in [-0.4, -0.2) is 30.6 Å². The van der Waals surface area contributed by atoms with Crippen LogP contribution in [0.1, 0.15) is 16.7 Å². The average Bonchev–Trinajstić information content (AvgIpc) is 2.62. The number of amides is 2. The number of hydrogen-bond acceptors (Lipinski definition) is 3. The van der Waals surface area contributed by atoms with Crippen molar-refractivity contribution in [1.82, 2.24) is 4.90 Å². The van der Waals surface area contributed by atoms with E-state index in [0.717, 1.165) is 23.1 Å². The van der Waals surface area contributed by atoms with Gasteiger partial charge in [0.25, 0.3) is 0 Å². The Labute approximate surface area is 145 Å². The van der Waals surface area contributed by atoms with E-state index in [1.165, 1.54) is 19.2 Å². The van der Waals surface area contributed by atoms with Gasteiger partial charge in [0.05, 0.1) is 13.5 Å². The number of carbonyl (C=O) groups excluding carboxylic acids is 2. The van der Waals surface area contributed by atoms with Gasteiger partial charge in [-0.3, -0.25) is 4.79 Å². The van der Waals surface area contributed by atoms with Crippen molar-refractivity contribution >= 4 is 17.7 Å². The number of ether oxygens (including phenoxy) is 1. The highest BCUT2D eigenvalue weighted by Crippen LogP contribution is 2.23. The van der Waals surface area contributed by atoms with E-state index in [9.17, 15) is 14.0 Å². The van der Waals surface area contributed by atoms with Crippen molar-refractivity contribution in [2.45, 2.75) is 19.4 Å². The molecule has 0 aromatic heterocycles. The largest absolute Gasteiger partial charge is 0.453 e. The average molecular weight is 342 g/mol. The maximum Gasteiger partial charge on any atom is 0.409 e. The fourth-order valence-electron chi connectivity index (χ4n) is 2.91. The summed E-state index contributed by atoms with van der Waals surface area (Å²) in [6.45, 7) is 1.08. The zero-order chi connectivity index (χ0) is 17.8. The van der Waals surface area contributed by atoms with Gasteiger partial charge in [-0.05, 0) is 47.4 Å². The summed E-state index contributed by atoms with van der Waals surface area (Å²) in [5.74, 6) is -0.499. The molecule has 6 heteroatoms. The number of carbonyl (C=O) groups is 2. The first-order valence-electron chi connectivity index (χ1n) is 8.04. The lowest BCUT2D eigenvalue weighted by Crippen LogP contribution is -2.35. The van der Waals surface area contributed by atoms with E-state index in [2.05, 4.69) is 5.32 Å². The van der Waals surface area contributed by atoms with Crippen LogP contribution in [0.4, 0.5) is 14.9 Å². The van der Waals surface area contributed by atoms with Gasteiger partial charge >= 0.3 is 6.09 Å². The Morgan fingerprint density at radius 1 is 1.16 bits per heavy atom. The number of nitrogens with one attached hydrogen (secondary N) is 1. The zero-order valence-electron chi connectivity index (χ0n) is 13.9. The van der Waals surface area contributed by atoms with Crippen LogP contribution in [0.15, 0.2) is 42.5 Å². The lowest BCUT2D eigenvalue weighted by atomic mass is 9.99. The molecule has 1 heterocycles. The van der Waals surface area contributed by atoms with Gasteiger partial charge < -0.3 is 15.0 Å². The highest BCUT2D eigenvalue weighted by molar-refractivity contribution is 5.92. The van der Waals surface area contributed by atoms with Crippen molar-refractivity contribution in [3.63, 3.8) is 0 Å². The summed E-state index contributed by atoms with van der Waals surface area (Å²) in [6.07, 6.45) is 0.580. The summed E-state index contributed by atoms with van der Waals surface area (Å²) in [5, 5.41) is 2.85. The Kier molecular flexibility index (Phi) is 4.97. The molecule has 1 N–H and O–H groups in total. The van der Waals surface area contributed by atoms with Crippen LogP contribution >= 0.6 is 0 Å². The van der Waals surface area contributed by atoms with Crippen molar-refractivity contribution in [3.05, 3.63) is 65.0 Å². The van der Waals surface area contributed by atoms with Gasteiger partial charge in [0.2, 0.25) is 5.91 Å². The number of halogens is 1. The molecule has 25 heavy (non-hydrogen) atoms. The first-order chi connectivity index (χ1) is 12.0. The Hall–Kier alpha value is -2.89. The maximum atomic E-state index is 12.9. The molecule has 0 fully saturated rings. The van der Waals surface area contributed by atoms with Crippen LogP contribution < -0.4 is 5.32 Å². The van der Waals surface area contributed by atoms with E-state index >= 15 is 0 Å². The summed E-state index contributed by atoms with van der Waals surface area (Å²) >= 11 is 0. The Morgan fingerprint density at radius 2 is 1.92 bits per heavy atom. The standard InChI is InChI=1S/C19H19FN2O3/c1-25-19(24)22-9-8-14-4-7-17(11-15(14)12-22)21-18(23)10-13-2-5-16(20)6-3-13/h2-7,11H,8-10,12H2,1H3,(H,21,23). The van der Waals surface area contributed by atoms with Gasteiger partial charge in [-0.1, -0.05) is 18.2 Å². The number of fused-ring (bicyclic) bond motifs is 1. The summed E-state index contributed by atoms with van der Waals surface area (Å²) in [5.41, 5.74) is 3.58. The first kappa shape index (κ1) is 17.0. The number of rotatable bonds is 3. The lowest BCUT2D eigenvalue weighted by molar-refractivity contribution is -0.115. The third-order valence-electron chi connectivity index (χ3n) is 4.21. The van der Waals surface area contributed by atoms with Gasteiger partial charge in [0.1, 0.15) is 5.82 Å². The molecule has 130 valence electrons. The minimum atomic E-state index is -0.351. The molecule has 2 aromatic rings. The minimum Gasteiger partial charge on any atom is -0.453 e. The second kappa shape index (κ2) is 7.34. The summed E-state index contributed by atoms with van der Waals surface area (Å²) in [7, 11) is 1.37. The van der Waals surface area contributed by atoms with Crippen LogP contribution in [0.3, 0.4) is 0 Å². The van der Waals surface area contributed by atoms with E-state index in [1.807, 2.05) is 18.2 Å². The highest BCUT2D eigenvalue weighted by Gasteiger charge is 2.21. The molecule has 0 radical (unpaired) electrons. The Bertz CT molecular complexity index is 790. The monoisotopic (exact) mass is 342 g/mol. The quantitative estimate of drug-likeness (QED) is 0.932. The van der Waals surface area contributed by atoms with Gasteiger partial charge in [-0.15, -0.1) is 0 Å². The molecule has 2 amide bonds. The van der Waals surface area contributed by atoms with Crippen LogP contribution in [0, 0.1) is 5.82 Å². The first-order valence-corrected chi connectivity index (χ1v) is 8.04. The van der Waals surface area contributed by atoms with Crippen molar-refractivity contribution in [3.8, 4) is 0 Å². The second-order valence-electron chi connectivity index (χ2n) is 5.98. The number of nitrogens with zero attached hydrogens (tertiary/aromatic N) is 1. The Balaban J connectivity index is 1.66. The van der Waals surface area contributed by atoms with Gasteiger partial charge in [-0.25, -0.2) is 9.18 Å². The molecule has 0 aliphatic carbocycles. The van der Waals surface area contributed by atoms with Crippen LogP contribution in [0.5, 0.6) is 0 Å². The molecule has 1 aliphatic heterocycles. The molecule has 0 spiro atoms. The van der Waals surface area contributed by atoms with Crippen molar-refractivity contribution in [1.29, 1.82) is 0 Å². The van der Waals surface area contributed by atoms with E-state index < -0.39 is 0 Å². The van der Waals surface area contributed by atoms with Crippen molar-refractivity contribution in [2.24, 2.45) is 0 Å². The number of hydrogen-bond donors (Lipinski definition) is 1. The SMILES string of the molecule is COC(=O)N1CCc2ccc(NC(=O)Cc3ccc(F)cc3)cc2C1. The number of anilines is 1. The zero-order valence-corrected chi connectivity index (χ0v) is 13.9. The van der Waals surface area contributed by atoms with Crippen LogP contribution in [-0.2, 0) is 28.9 Å². The molecule has 5 nitrogen and oxygen atoms in total. The van der Waals surface area contributed by atoms with Crippen molar-refractivity contribution in [2.75, 3.05) is 19.0 Å². The van der Waals surface area contributed by atoms with Crippen LogP contribution in [0.2, 0.25) is 0 Å². The molecule has 3 rings (SSSR count). The minimum absolute atomic E-state index is 0.172. The molecule has 2 aromatic carbocycles. The molecule has 0 saturated carbocycles. The molecule has 0 atom stereocenters. The summed E-state index contributed by atoms with van der Waals surface area (Å²) in [6, 6.07) is 11.6. The fourth-order valence-corrected chi connectivity index (χ4v) is 2.91. The van der Waals surface area contributed by atoms with E-state index in [0.29, 0.717) is 18.8 Å². The molecule has 0 saturated heterocycles. The highest BCUT2D eigenvalue weighted by atomic mass is 19.1. The number of benzene rings is 2. The molecular weight excluding hydrogens is 323 g/mol. The molecule has 1 aliphatic rings. The fraction of sp³-hybridized carbons (Fsp3) is 0.263. The van der Waals surface area contributed by atoms with Gasteiger partial charge in [-0.2, -0.15) is 0 Å². The molecular formula is C19H19FN2O3. The van der Waals surface area contributed by atoms with Crippen molar-refractivity contribution < 1.29 is 18.7 Å². The molecule has 0 unspecified atom stereocenters. The maximum absolute atomic E-state index is 12.9. The molecule has 0 bridgehead atoms. The van der Waals surface area contributed by atoms with Gasteiger partial charge in [0, 0.05) is 18.8 Å². The van der Waals surface area contributed by atoms with Gasteiger partial charge in [0.15, 0.2) is 0 Å². The number of methoxy groups -OCH3 is 1. The van der Waals surface area contributed by atoms with E-state index in [1.54, 1.807) is 17.0 Å².